The number of hydrogen-bond acceptors (Lipinski definition) is 5. The fourth-order valence-corrected chi connectivity index (χ4v) is 5.72. The van der Waals surface area contributed by atoms with Gasteiger partial charge in [-0.25, -0.2) is 4.98 Å². The van der Waals surface area contributed by atoms with Crippen molar-refractivity contribution in [2.24, 2.45) is 0 Å². The highest BCUT2D eigenvalue weighted by molar-refractivity contribution is 9.10. The Morgan fingerprint density at radius 3 is 2.80 bits per heavy atom. The number of rotatable bonds is 5. The average molecular weight is 499 g/mol. The molecular formula is C23H19BrN2O2S2. The maximum absolute atomic E-state index is 13.5. The van der Waals surface area contributed by atoms with E-state index in [0.29, 0.717) is 11.7 Å². The first-order chi connectivity index (χ1) is 14.7. The van der Waals surface area contributed by atoms with Gasteiger partial charge in [0.2, 0.25) is 0 Å². The van der Waals surface area contributed by atoms with E-state index in [2.05, 4.69) is 22.0 Å². The Kier molecular flexibility index (Phi) is 5.69. The van der Waals surface area contributed by atoms with Crippen LogP contribution in [0.3, 0.4) is 0 Å². The fraction of sp³-hybridized carbons (Fsp3) is 0.217. The molecule has 0 N–H and O–H groups in total. The van der Waals surface area contributed by atoms with Gasteiger partial charge in [-0.15, -0.1) is 22.7 Å². The molecule has 1 aliphatic rings. The van der Waals surface area contributed by atoms with Crippen molar-refractivity contribution in [2.75, 3.05) is 18.1 Å². The fourth-order valence-electron chi connectivity index (χ4n) is 3.60. The molecule has 5 rings (SSSR count). The summed E-state index contributed by atoms with van der Waals surface area (Å²) in [5, 5.41) is 3.82. The molecule has 0 radical (unpaired) electrons. The minimum atomic E-state index is -0.0107. The molecule has 0 bridgehead atoms. The number of halogens is 1. The minimum Gasteiger partial charge on any atom is -0.376 e. The van der Waals surface area contributed by atoms with Crippen molar-refractivity contribution in [3.05, 3.63) is 69.3 Å². The Morgan fingerprint density at radius 1 is 1.20 bits per heavy atom. The lowest BCUT2D eigenvalue weighted by molar-refractivity contribution is 0.0920. The molecular weight excluding hydrogens is 480 g/mol. The number of hydrogen-bond donors (Lipinski definition) is 0. The molecule has 4 nitrogen and oxygen atoms in total. The molecule has 0 saturated carbocycles. The lowest BCUT2D eigenvalue weighted by atomic mass is 10.2. The molecule has 2 aromatic heterocycles. The van der Waals surface area contributed by atoms with Crippen LogP contribution >= 0.6 is 38.6 Å². The normalized spacial score (nSPS) is 16.2. The second-order valence-corrected chi connectivity index (χ2v) is 10.1. The topological polar surface area (TPSA) is 42.4 Å². The number of carbonyl (C=O) groups is 1. The van der Waals surface area contributed by atoms with Crippen molar-refractivity contribution in [3.8, 4) is 11.3 Å². The van der Waals surface area contributed by atoms with Crippen molar-refractivity contribution in [3.63, 3.8) is 0 Å². The molecule has 3 heterocycles. The molecule has 1 amide bonds. The summed E-state index contributed by atoms with van der Waals surface area (Å²) >= 11 is 6.50. The highest BCUT2D eigenvalue weighted by Gasteiger charge is 2.28. The monoisotopic (exact) mass is 498 g/mol. The molecule has 0 spiro atoms. The third kappa shape index (κ3) is 4.07. The van der Waals surface area contributed by atoms with Crippen molar-refractivity contribution in [1.82, 2.24) is 4.98 Å². The molecule has 1 saturated heterocycles. The van der Waals surface area contributed by atoms with Gasteiger partial charge in [-0.2, -0.15) is 0 Å². The van der Waals surface area contributed by atoms with E-state index in [0.717, 1.165) is 50.1 Å². The van der Waals surface area contributed by atoms with Gasteiger partial charge in [0, 0.05) is 26.7 Å². The summed E-state index contributed by atoms with van der Waals surface area (Å²) in [4.78, 5) is 20.9. The number of thiazole rings is 1. The van der Waals surface area contributed by atoms with Gasteiger partial charge in [-0.3, -0.25) is 9.69 Å². The second kappa shape index (κ2) is 8.59. The van der Waals surface area contributed by atoms with Gasteiger partial charge < -0.3 is 4.74 Å². The first kappa shape index (κ1) is 19.9. The number of carbonyl (C=O) groups excluding carboxylic acids is 1. The van der Waals surface area contributed by atoms with Crippen molar-refractivity contribution in [2.45, 2.75) is 18.9 Å². The molecule has 1 fully saturated rings. The summed E-state index contributed by atoms with van der Waals surface area (Å²) < 4.78 is 7.98. The Bertz CT molecular complexity index is 1150. The average Bonchev–Trinajstić information content (AvgIpc) is 3.52. The summed E-state index contributed by atoms with van der Waals surface area (Å²) in [6.07, 6.45) is 2.07. The van der Waals surface area contributed by atoms with Crippen LogP contribution in [0.2, 0.25) is 0 Å². The molecule has 2 aromatic carbocycles. The zero-order chi connectivity index (χ0) is 20.5. The smallest absolute Gasteiger partial charge is 0.270 e. The number of aromatic nitrogens is 1. The van der Waals surface area contributed by atoms with Gasteiger partial charge in [0.05, 0.1) is 23.2 Å². The van der Waals surface area contributed by atoms with E-state index in [1.807, 2.05) is 53.9 Å². The van der Waals surface area contributed by atoms with Crippen LogP contribution in [0, 0.1) is 0 Å². The predicted octanol–water partition coefficient (Wildman–Crippen LogP) is 6.61. The van der Waals surface area contributed by atoms with Gasteiger partial charge in [0.1, 0.15) is 0 Å². The van der Waals surface area contributed by atoms with Crippen LogP contribution in [0.25, 0.3) is 21.3 Å². The van der Waals surface area contributed by atoms with E-state index in [9.17, 15) is 4.79 Å². The highest BCUT2D eigenvalue weighted by atomic mass is 79.9. The van der Waals surface area contributed by atoms with E-state index < -0.39 is 0 Å². The van der Waals surface area contributed by atoms with E-state index in [1.54, 1.807) is 4.90 Å². The third-order valence-electron chi connectivity index (χ3n) is 5.15. The van der Waals surface area contributed by atoms with Gasteiger partial charge in [-0.1, -0.05) is 46.3 Å². The summed E-state index contributed by atoms with van der Waals surface area (Å²) in [5.74, 6) is -0.0107. The molecule has 4 aromatic rings. The quantitative estimate of drug-likeness (QED) is 0.310. The van der Waals surface area contributed by atoms with Crippen LogP contribution in [0.1, 0.15) is 22.5 Å². The summed E-state index contributed by atoms with van der Waals surface area (Å²) in [5.41, 5.74) is 1.91. The number of nitrogens with zero attached hydrogens (tertiary/aromatic N) is 2. The summed E-state index contributed by atoms with van der Waals surface area (Å²) in [6, 6.07) is 18.1. The Morgan fingerprint density at radius 2 is 2.03 bits per heavy atom. The van der Waals surface area contributed by atoms with Crippen molar-refractivity contribution in [1.29, 1.82) is 0 Å². The standard InChI is InChI=1S/C23H19BrN2O2S2/c24-17-9-7-15(8-10-17)19-14-29-23(25-19)26(13-18-5-3-11-28-18)22(27)21-12-16-4-1-2-6-20(16)30-21/h1-2,4,6-10,12,14,18H,3,5,11,13H2. The SMILES string of the molecule is O=C(c1cc2ccccc2s1)N(CC1CCCO1)c1nc(-c2ccc(Br)cc2)cs1. The Balaban J connectivity index is 1.48. The van der Waals surface area contributed by atoms with Crippen LogP contribution in [0.4, 0.5) is 5.13 Å². The molecule has 30 heavy (non-hydrogen) atoms. The maximum atomic E-state index is 13.5. The number of fused-ring (bicyclic) bond motifs is 1. The van der Waals surface area contributed by atoms with Crippen LogP contribution in [-0.2, 0) is 4.74 Å². The highest BCUT2D eigenvalue weighted by Crippen LogP contribution is 2.32. The molecule has 152 valence electrons. The van der Waals surface area contributed by atoms with Gasteiger partial charge >= 0.3 is 0 Å². The lowest BCUT2D eigenvalue weighted by Gasteiger charge is -2.22. The first-order valence-corrected chi connectivity index (χ1v) is 12.3. The van der Waals surface area contributed by atoms with Crippen LogP contribution in [-0.4, -0.2) is 30.1 Å². The number of benzene rings is 2. The lowest BCUT2D eigenvalue weighted by Crippen LogP contribution is -2.37. The van der Waals surface area contributed by atoms with Gasteiger partial charge in [0.25, 0.3) is 5.91 Å². The zero-order valence-electron chi connectivity index (χ0n) is 16.1. The minimum absolute atomic E-state index is 0.0107. The molecule has 1 aliphatic heterocycles. The van der Waals surface area contributed by atoms with Crippen molar-refractivity contribution >= 4 is 59.7 Å². The predicted molar refractivity (Wildman–Crippen MR) is 128 cm³/mol. The summed E-state index contributed by atoms with van der Waals surface area (Å²) in [7, 11) is 0. The van der Waals surface area contributed by atoms with E-state index in [-0.39, 0.29) is 12.0 Å². The maximum Gasteiger partial charge on any atom is 0.270 e. The Hall–Kier alpha value is -2.06. The summed E-state index contributed by atoms with van der Waals surface area (Å²) in [6.45, 7) is 1.29. The Labute approximate surface area is 191 Å². The molecule has 7 heteroatoms. The van der Waals surface area contributed by atoms with Gasteiger partial charge in [0.15, 0.2) is 5.13 Å². The van der Waals surface area contributed by atoms with Crippen molar-refractivity contribution < 1.29 is 9.53 Å². The molecule has 1 atom stereocenters. The number of anilines is 1. The largest absolute Gasteiger partial charge is 0.376 e. The number of thiophene rings is 1. The molecule has 1 unspecified atom stereocenters. The van der Waals surface area contributed by atoms with E-state index in [4.69, 9.17) is 9.72 Å². The number of amides is 1. The number of ether oxygens (including phenoxy) is 1. The van der Waals surface area contributed by atoms with Crippen LogP contribution in [0.5, 0.6) is 0 Å². The molecule has 0 aliphatic carbocycles. The second-order valence-electron chi connectivity index (χ2n) is 7.22. The first-order valence-electron chi connectivity index (χ1n) is 9.81. The zero-order valence-corrected chi connectivity index (χ0v) is 19.3. The van der Waals surface area contributed by atoms with Gasteiger partial charge in [-0.05, 0) is 42.5 Å². The van der Waals surface area contributed by atoms with Crippen LogP contribution in [0.15, 0.2) is 64.5 Å². The third-order valence-corrected chi connectivity index (χ3v) is 7.65. The van der Waals surface area contributed by atoms with E-state index >= 15 is 0 Å². The van der Waals surface area contributed by atoms with Crippen LogP contribution < -0.4 is 4.90 Å². The van der Waals surface area contributed by atoms with E-state index in [1.165, 1.54) is 22.7 Å².